The highest BCUT2D eigenvalue weighted by Gasteiger charge is 2.11. The molecule has 6 heteroatoms. The molecule has 25 heavy (non-hydrogen) atoms. The van der Waals surface area contributed by atoms with Gasteiger partial charge in [-0.25, -0.2) is 4.79 Å². The number of ether oxygens (including phenoxy) is 2. The maximum atomic E-state index is 12.0. The molecular weight excluding hydrogens is 320 g/mol. The predicted molar refractivity (Wildman–Crippen MR) is 95.7 cm³/mol. The smallest absolute Gasteiger partial charge is 0.338 e. The van der Waals surface area contributed by atoms with Crippen molar-refractivity contribution in [3.63, 3.8) is 0 Å². The number of aromatic hydroxyl groups is 1. The van der Waals surface area contributed by atoms with E-state index in [0.29, 0.717) is 17.7 Å². The van der Waals surface area contributed by atoms with E-state index in [1.54, 1.807) is 19.5 Å². The first-order valence-corrected chi connectivity index (χ1v) is 7.91. The van der Waals surface area contributed by atoms with Crippen LogP contribution < -0.4 is 10.1 Å². The van der Waals surface area contributed by atoms with E-state index in [0.717, 1.165) is 5.56 Å². The Bertz CT molecular complexity index is 714. The number of methoxy groups -OCH3 is 1. The Balaban J connectivity index is 1.84. The van der Waals surface area contributed by atoms with Crippen molar-refractivity contribution in [2.24, 2.45) is 0 Å². The first-order chi connectivity index (χ1) is 12.1. The Kier molecular flexibility index (Phi) is 6.98. The van der Waals surface area contributed by atoms with Crippen LogP contribution in [0, 0.1) is 0 Å². The second-order valence-electron chi connectivity index (χ2n) is 5.43. The van der Waals surface area contributed by atoms with Crippen molar-refractivity contribution in [3.8, 4) is 11.5 Å². The fraction of sp³-hybridized carbons (Fsp3) is 0.263. The van der Waals surface area contributed by atoms with Gasteiger partial charge in [-0.2, -0.15) is 0 Å². The molecule has 0 amide bonds. The average Bonchev–Trinajstić information content (AvgIpc) is 2.65. The maximum absolute atomic E-state index is 12.0. The van der Waals surface area contributed by atoms with Crippen LogP contribution in [0.3, 0.4) is 0 Å². The minimum absolute atomic E-state index is 0.00381. The number of likely N-dealkylation sites (N-methyl/N-ethyl adjacent to an activating group) is 1. The number of esters is 1. The molecule has 2 N–H and O–H groups in total. The zero-order valence-corrected chi connectivity index (χ0v) is 14.3. The zero-order valence-electron chi connectivity index (χ0n) is 14.3. The molecule has 0 aliphatic carbocycles. The van der Waals surface area contributed by atoms with Crippen LogP contribution in [-0.4, -0.2) is 42.9 Å². The van der Waals surface area contributed by atoms with Gasteiger partial charge in [0, 0.05) is 12.2 Å². The van der Waals surface area contributed by atoms with Crippen LogP contribution in [0.5, 0.6) is 11.5 Å². The van der Waals surface area contributed by atoms with Crippen molar-refractivity contribution >= 4 is 12.0 Å². The van der Waals surface area contributed by atoms with Gasteiger partial charge in [-0.1, -0.05) is 12.2 Å². The predicted octanol–water partition coefficient (Wildman–Crippen LogP) is 2.64. The molecule has 0 unspecified atom stereocenters. The van der Waals surface area contributed by atoms with Gasteiger partial charge in [0.2, 0.25) is 0 Å². The summed E-state index contributed by atoms with van der Waals surface area (Å²) in [5.41, 5.74) is 1.35. The summed E-state index contributed by atoms with van der Waals surface area (Å²) in [5, 5.41) is 12.4. The highest BCUT2D eigenvalue weighted by atomic mass is 16.5. The van der Waals surface area contributed by atoms with Crippen LogP contribution in [0.15, 0.2) is 48.8 Å². The number of hydrogen-bond acceptors (Lipinski definition) is 6. The molecule has 0 spiro atoms. The quantitative estimate of drug-likeness (QED) is 0.718. The van der Waals surface area contributed by atoms with Gasteiger partial charge in [0.25, 0.3) is 0 Å². The van der Waals surface area contributed by atoms with E-state index in [1.165, 1.54) is 24.3 Å². The molecule has 0 aliphatic heterocycles. The summed E-state index contributed by atoms with van der Waals surface area (Å²) in [4.78, 5) is 16.1. The van der Waals surface area contributed by atoms with E-state index in [4.69, 9.17) is 9.47 Å². The van der Waals surface area contributed by atoms with Crippen LogP contribution in [-0.2, 0) is 4.74 Å². The van der Waals surface area contributed by atoms with Crippen molar-refractivity contribution in [2.75, 3.05) is 20.8 Å². The van der Waals surface area contributed by atoms with E-state index < -0.39 is 5.97 Å². The summed E-state index contributed by atoms with van der Waals surface area (Å²) in [7, 11) is 3.42. The summed E-state index contributed by atoms with van der Waals surface area (Å²) < 4.78 is 10.4. The number of nitrogens with zero attached hydrogens (tertiary/aromatic N) is 1. The zero-order chi connectivity index (χ0) is 18.1. The van der Waals surface area contributed by atoms with Crippen LogP contribution in [0.1, 0.15) is 22.3 Å². The maximum Gasteiger partial charge on any atom is 0.338 e. The Morgan fingerprint density at radius 3 is 2.76 bits per heavy atom. The highest BCUT2D eigenvalue weighted by molar-refractivity contribution is 5.89. The number of phenolic OH excluding ortho intramolecular Hbond substituents is 1. The molecule has 1 heterocycles. The first-order valence-electron chi connectivity index (χ1n) is 7.91. The third-order valence-electron chi connectivity index (χ3n) is 3.63. The summed E-state index contributed by atoms with van der Waals surface area (Å²) in [5.74, 6) is 0.401. The topological polar surface area (TPSA) is 80.7 Å². The molecule has 6 nitrogen and oxygen atoms in total. The molecule has 2 aromatic rings. The average molecular weight is 342 g/mol. The number of aromatic nitrogens is 1. The molecule has 0 aliphatic rings. The normalized spacial score (nSPS) is 12.1. The van der Waals surface area contributed by atoms with E-state index in [-0.39, 0.29) is 18.4 Å². The number of carbonyl (C=O) groups is 1. The number of nitrogens with one attached hydrogen (secondary N) is 1. The minimum Gasteiger partial charge on any atom is -0.508 e. The molecule has 0 saturated heterocycles. The number of benzene rings is 1. The molecule has 0 saturated carbocycles. The second kappa shape index (κ2) is 9.44. The van der Waals surface area contributed by atoms with Crippen molar-refractivity contribution < 1.29 is 19.4 Å². The van der Waals surface area contributed by atoms with Gasteiger partial charge in [0.1, 0.15) is 18.1 Å². The largest absolute Gasteiger partial charge is 0.508 e. The minimum atomic E-state index is -0.416. The molecule has 1 aromatic carbocycles. The Labute approximate surface area is 147 Å². The van der Waals surface area contributed by atoms with Gasteiger partial charge >= 0.3 is 5.97 Å². The number of rotatable bonds is 8. The molecule has 2 rings (SSSR count). The van der Waals surface area contributed by atoms with Gasteiger partial charge in [0.15, 0.2) is 0 Å². The van der Waals surface area contributed by atoms with E-state index in [9.17, 15) is 9.90 Å². The highest BCUT2D eigenvalue weighted by Crippen LogP contribution is 2.13. The molecule has 1 atom stereocenters. The van der Waals surface area contributed by atoms with Crippen LogP contribution >= 0.6 is 0 Å². The van der Waals surface area contributed by atoms with Crippen molar-refractivity contribution in [3.05, 3.63) is 59.9 Å². The Morgan fingerprint density at radius 2 is 2.08 bits per heavy atom. The van der Waals surface area contributed by atoms with Gasteiger partial charge in [-0.05, 0) is 49.4 Å². The van der Waals surface area contributed by atoms with Crippen molar-refractivity contribution in [2.45, 2.75) is 12.5 Å². The molecule has 132 valence electrons. The van der Waals surface area contributed by atoms with Crippen LogP contribution in [0.2, 0.25) is 0 Å². The second-order valence-corrected chi connectivity index (χ2v) is 5.43. The van der Waals surface area contributed by atoms with Gasteiger partial charge in [-0.3, -0.25) is 4.98 Å². The third-order valence-corrected chi connectivity index (χ3v) is 3.63. The molecule has 0 radical (unpaired) electrons. The number of carbonyl (C=O) groups excluding carboxylic acids is 1. The van der Waals surface area contributed by atoms with E-state index >= 15 is 0 Å². The summed E-state index contributed by atoms with van der Waals surface area (Å²) in [6, 6.07) is 7.86. The van der Waals surface area contributed by atoms with Crippen LogP contribution in [0.4, 0.5) is 0 Å². The summed E-state index contributed by atoms with van der Waals surface area (Å²) >= 11 is 0. The summed E-state index contributed by atoms with van der Waals surface area (Å²) in [6.45, 7) is 0.247. The standard InChI is InChI=1S/C19H22N2O4/c1-20-16(5-3-4-14-10-18(24-2)12-21-11-14)13-25-19(23)15-6-8-17(22)9-7-15/h3-4,6-12,16,20,22H,5,13H2,1-2H3/b4-3+/t16-/m1/s1. The van der Waals surface area contributed by atoms with Gasteiger partial charge < -0.3 is 19.9 Å². The lowest BCUT2D eigenvalue weighted by molar-refractivity contribution is 0.0469. The fourth-order valence-electron chi connectivity index (χ4n) is 2.13. The molecule has 0 fully saturated rings. The Morgan fingerprint density at radius 1 is 1.32 bits per heavy atom. The lowest BCUT2D eigenvalue weighted by Gasteiger charge is -2.14. The van der Waals surface area contributed by atoms with Crippen molar-refractivity contribution in [1.82, 2.24) is 10.3 Å². The third kappa shape index (κ3) is 5.93. The van der Waals surface area contributed by atoms with Crippen LogP contribution in [0.25, 0.3) is 6.08 Å². The first kappa shape index (κ1) is 18.5. The lowest BCUT2D eigenvalue weighted by Crippen LogP contribution is -2.30. The number of pyridine rings is 1. The molecular formula is C19H22N2O4. The Hall–Kier alpha value is -2.86. The summed E-state index contributed by atoms with van der Waals surface area (Å²) in [6.07, 6.45) is 8.03. The van der Waals surface area contributed by atoms with E-state index in [2.05, 4.69) is 10.3 Å². The van der Waals surface area contributed by atoms with E-state index in [1.807, 2.05) is 25.3 Å². The van der Waals surface area contributed by atoms with Gasteiger partial charge in [-0.15, -0.1) is 0 Å². The monoisotopic (exact) mass is 342 g/mol. The molecule has 1 aromatic heterocycles. The van der Waals surface area contributed by atoms with Gasteiger partial charge in [0.05, 0.1) is 18.9 Å². The SMILES string of the molecule is CN[C@H](C/C=C/c1cncc(OC)c1)COC(=O)c1ccc(O)cc1. The molecule has 0 bridgehead atoms. The fourth-order valence-corrected chi connectivity index (χ4v) is 2.13. The van der Waals surface area contributed by atoms with Crippen molar-refractivity contribution in [1.29, 1.82) is 0 Å². The lowest BCUT2D eigenvalue weighted by atomic mass is 10.1. The number of hydrogen-bond donors (Lipinski definition) is 2. The number of phenols is 1.